The van der Waals surface area contributed by atoms with Gasteiger partial charge in [0.2, 0.25) is 0 Å². The number of carbonyl (C=O) groups is 1. The van der Waals surface area contributed by atoms with Gasteiger partial charge in [0, 0.05) is 6.54 Å². The van der Waals surface area contributed by atoms with Crippen molar-refractivity contribution in [3.8, 4) is 0 Å². The number of carboxylic acids is 1. The Morgan fingerprint density at radius 2 is 2.11 bits per heavy atom. The van der Waals surface area contributed by atoms with Crippen molar-refractivity contribution in [3.63, 3.8) is 0 Å². The van der Waals surface area contributed by atoms with E-state index in [-0.39, 0.29) is 0 Å². The van der Waals surface area contributed by atoms with Gasteiger partial charge in [-0.15, -0.1) is 0 Å². The number of rotatable bonds is 7. The number of aliphatic carboxylic acids is 1. The van der Waals surface area contributed by atoms with Crippen LogP contribution in [-0.4, -0.2) is 33.9 Å². The Morgan fingerprint density at radius 3 is 2.72 bits per heavy atom. The molecule has 1 aromatic carbocycles. The molecule has 0 spiro atoms. The quantitative estimate of drug-likeness (QED) is 0.573. The average Bonchev–Trinajstić information content (AvgIpc) is 2.35. The Balaban J connectivity index is 2.72. The number of nitrogens with one attached hydrogen (secondary N) is 1. The van der Waals surface area contributed by atoms with Crippen LogP contribution >= 0.6 is 0 Å². The molecule has 0 radical (unpaired) electrons. The van der Waals surface area contributed by atoms with Crippen LogP contribution < -0.4 is 5.32 Å². The molecule has 0 aromatic heterocycles. The second-order valence-corrected chi connectivity index (χ2v) is 4.14. The third kappa shape index (κ3) is 4.44. The summed E-state index contributed by atoms with van der Waals surface area (Å²) in [4.78, 5) is 10.5. The SMILES string of the molecule is CCNCc1cccc(C(O)C(O)CC(=O)O)c1. The maximum atomic E-state index is 10.5. The minimum absolute atomic E-state index is 0.474. The molecule has 1 rings (SSSR count). The van der Waals surface area contributed by atoms with Crippen molar-refractivity contribution >= 4 is 5.97 Å². The molecule has 4 N–H and O–H groups in total. The minimum atomic E-state index is -1.29. The van der Waals surface area contributed by atoms with Crippen molar-refractivity contribution in [3.05, 3.63) is 35.4 Å². The molecule has 0 bridgehead atoms. The van der Waals surface area contributed by atoms with Gasteiger partial charge in [0.05, 0.1) is 12.5 Å². The third-order valence-corrected chi connectivity index (χ3v) is 2.62. The number of carboxylic acid groups (broad SMARTS) is 1. The molecular formula is C13H19NO4. The normalized spacial score (nSPS) is 14.2. The highest BCUT2D eigenvalue weighted by Crippen LogP contribution is 2.20. The topological polar surface area (TPSA) is 89.8 Å². The molecule has 0 aliphatic carbocycles. The fourth-order valence-electron chi connectivity index (χ4n) is 1.67. The number of aliphatic hydroxyl groups excluding tert-OH is 2. The highest BCUT2D eigenvalue weighted by atomic mass is 16.4. The molecule has 1 aromatic rings. The largest absolute Gasteiger partial charge is 0.481 e. The summed E-state index contributed by atoms with van der Waals surface area (Å²) < 4.78 is 0. The predicted molar refractivity (Wildman–Crippen MR) is 67.0 cm³/mol. The van der Waals surface area contributed by atoms with Crippen molar-refractivity contribution in [2.45, 2.75) is 32.1 Å². The highest BCUT2D eigenvalue weighted by Gasteiger charge is 2.21. The van der Waals surface area contributed by atoms with E-state index in [2.05, 4.69) is 5.32 Å². The zero-order valence-electron chi connectivity index (χ0n) is 10.3. The first-order valence-corrected chi connectivity index (χ1v) is 5.92. The standard InChI is InChI=1S/C13H19NO4/c1-2-14-8-9-4-3-5-10(6-9)13(18)11(15)7-12(16)17/h3-6,11,13-15,18H,2,7-8H2,1H3,(H,16,17). The first-order chi connectivity index (χ1) is 8.54. The molecule has 0 saturated carbocycles. The molecule has 0 heterocycles. The number of benzene rings is 1. The zero-order chi connectivity index (χ0) is 13.5. The van der Waals surface area contributed by atoms with Crippen LogP contribution in [0.3, 0.4) is 0 Å². The van der Waals surface area contributed by atoms with Gasteiger partial charge < -0.3 is 20.6 Å². The minimum Gasteiger partial charge on any atom is -0.481 e. The summed E-state index contributed by atoms with van der Waals surface area (Å²) in [5, 5.41) is 31.1. The fourth-order valence-corrected chi connectivity index (χ4v) is 1.67. The van der Waals surface area contributed by atoms with E-state index in [1.165, 1.54) is 0 Å². The summed E-state index contributed by atoms with van der Waals surface area (Å²) in [7, 11) is 0. The molecule has 100 valence electrons. The van der Waals surface area contributed by atoms with Crippen LogP contribution in [-0.2, 0) is 11.3 Å². The van der Waals surface area contributed by atoms with Crippen LogP contribution in [0.2, 0.25) is 0 Å². The maximum Gasteiger partial charge on any atom is 0.306 e. The Kier molecular flexibility index (Phi) is 5.77. The predicted octanol–water partition coefficient (Wildman–Crippen LogP) is 0.665. The Bertz CT molecular complexity index is 394. The molecule has 5 heteroatoms. The van der Waals surface area contributed by atoms with Gasteiger partial charge in [-0.25, -0.2) is 0 Å². The van der Waals surface area contributed by atoms with Gasteiger partial charge in [-0.1, -0.05) is 31.2 Å². The first-order valence-electron chi connectivity index (χ1n) is 5.92. The summed E-state index contributed by atoms with van der Waals surface area (Å²) in [5.41, 5.74) is 1.51. The van der Waals surface area contributed by atoms with Gasteiger partial charge in [-0.05, 0) is 17.7 Å². The van der Waals surface area contributed by atoms with Gasteiger partial charge in [0.1, 0.15) is 6.10 Å². The zero-order valence-corrected chi connectivity index (χ0v) is 10.3. The lowest BCUT2D eigenvalue weighted by Crippen LogP contribution is -2.22. The highest BCUT2D eigenvalue weighted by molar-refractivity contribution is 5.67. The van der Waals surface area contributed by atoms with E-state index in [4.69, 9.17) is 5.11 Å². The lowest BCUT2D eigenvalue weighted by Gasteiger charge is -2.17. The molecule has 18 heavy (non-hydrogen) atoms. The molecule has 0 aliphatic heterocycles. The maximum absolute atomic E-state index is 10.5. The Hall–Kier alpha value is -1.43. The first kappa shape index (κ1) is 14.6. The number of hydrogen-bond donors (Lipinski definition) is 4. The van der Waals surface area contributed by atoms with Crippen molar-refractivity contribution in [2.24, 2.45) is 0 Å². The summed E-state index contributed by atoms with van der Waals surface area (Å²) in [5.74, 6) is -1.13. The number of hydrogen-bond acceptors (Lipinski definition) is 4. The van der Waals surface area contributed by atoms with E-state index >= 15 is 0 Å². The smallest absolute Gasteiger partial charge is 0.306 e. The Labute approximate surface area is 106 Å². The fraction of sp³-hybridized carbons (Fsp3) is 0.462. The van der Waals surface area contributed by atoms with Gasteiger partial charge in [-0.2, -0.15) is 0 Å². The number of aliphatic hydroxyl groups is 2. The van der Waals surface area contributed by atoms with Crippen LogP contribution in [0.4, 0.5) is 0 Å². The lowest BCUT2D eigenvalue weighted by atomic mass is 10.00. The second kappa shape index (κ2) is 7.10. The van der Waals surface area contributed by atoms with Crippen LogP contribution in [0.5, 0.6) is 0 Å². The van der Waals surface area contributed by atoms with Crippen LogP contribution in [0.25, 0.3) is 0 Å². The molecule has 5 nitrogen and oxygen atoms in total. The molecule has 2 atom stereocenters. The van der Waals surface area contributed by atoms with Crippen LogP contribution in [0.1, 0.15) is 30.6 Å². The summed E-state index contributed by atoms with van der Waals surface area (Å²) >= 11 is 0. The van der Waals surface area contributed by atoms with Crippen LogP contribution in [0.15, 0.2) is 24.3 Å². The second-order valence-electron chi connectivity index (χ2n) is 4.14. The Morgan fingerprint density at radius 1 is 1.39 bits per heavy atom. The van der Waals surface area contributed by atoms with Crippen LogP contribution in [0, 0.1) is 0 Å². The third-order valence-electron chi connectivity index (χ3n) is 2.62. The molecule has 0 amide bonds. The summed E-state index contributed by atoms with van der Waals surface area (Å²) in [6, 6.07) is 7.12. The molecular weight excluding hydrogens is 234 g/mol. The molecule has 0 fully saturated rings. The van der Waals surface area contributed by atoms with Crippen molar-refractivity contribution in [2.75, 3.05) is 6.54 Å². The van der Waals surface area contributed by atoms with E-state index < -0.39 is 24.6 Å². The summed E-state index contributed by atoms with van der Waals surface area (Å²) in [6.45, 7) is 3.51. The molecule has 2 unspecified atom stereocenters. The van der Waals surface area contributed by atoms with E-state index in [1.54, 1.807) is 18.2 Å². The monoisotopic (exact) mass is 253 g/mol. The summed E-state index contributed by atoms with van der Waals surface area (Å²) in [6.07, 6.45) is -2.95. The van der Waals surface area contributed by atoms with Gasteiger partial charge >= 0.3 is 5.97 Å². The van der Waals surface area contributed by atoms with Crippen molar-refractivity contribution in [1.29, 1.82) is 0 Å². The molecule has 0 aliphatic rings. The average molecular weight is 253 g/mol. The van der Waals surface area contributed by atoms with Crippen molar-refractivity contribution < 1.29 is 20.1 Å². The van der Waals surface area contributed by atoms with Gasteiger partial charge in [0.15, 0.2) is 0 Å². The molecule has 0 saturated heterocycles. The van der Waals surface area contributed by atoms with E-state index in [0.717, 1.165) is 12.1 Å². The van der Waals surface area contributed by atoms with Crippen molar-refractivity contribution in [1.82, 2.24) is 5.32 Å². The van der Waals surface area contributed by atoms with E-state index in [1.807, 2.05) is 13.0 Å². The van der Waals surface area contributed by atoms with Gasteiger partial charge in [-0.3, -0.25) is 4.79 Å². The lowest BCUT2D eigenvalue weighted by molar-refractivity contribution is -0.141. The van der Waals surface area contributed by atoms with E-state index in [0.29, 0.717) is 12.1 Å². The van der Waals surface area contributed by atoms with Gasteiger partial charge in [0.25, 0.3) is 0 Å². The van der Waals surface area contributed by atoms with E-state index in [9.17, 15) is 15.0 Å².